The Bertz CT molecular complexity index is 373. The second kappa shape index (κ2) is 6.35. The van der Waals surface area contributed by atoms with Crippen LogP contribution in [0.2, 0.25) is 0 Å². The molecular weight excluding hydrogens is 222 g/mol. The summed E-state index contributed by atoms with van der Waals surface area (Å²) in [5.41, 5.74) is 2.94. The molecule has 1 aromatic carbocycles. The van der Waals surface area contributed by atoms with Crippen molar-refractivity contribution < 1.29 is 4.74 Å². The number of likely N-dealkylation sites (N-methyl/N-ethyl adjacent to an activating group) is 1. The Balaban J connectivity index is 2.23. The van der Waals surface area contributed by atoms with E-state index in [0.717, 1.165) is 12.5 Å². The zero-order valence-electron chi connectivity index (χ0n) is 11.8. The Kier molecular flexibility index (Phi) is 4.79. The number of ether oxygens (including phenoxy) is 1. The van der Waals surface area contributed by atoms with Crippen molar-refractivity contribution in [2.45, 2.75) is 51.2 Å². The van der Waals surface area contributed by atoms with E-state index in [9.17, 15) is 0 Å². The minimum absolute atomic E-state index is 0.209. The molecule has 1 N–H and O–H groups in total. The van der Waals surface area contributed by atoms with Crippen LogP contribution in [0.15, 0.2) is 24.3 Å². The zero-order chi connectivity index (χ0) is 13.0. The Hall–Kier alpha value is -0.860. The average Bonchev–Trinajstić information content (AvgIpc) is 2.30. The topological polar surface area (TPSA) is 21.3 Å². The molecule has 0 bridgehead atoms. The van der Waals surface area contributed by atoms with Gasteiger partial charge < -0.3 is 10.1 Å². The highest BCUT2D eigenvalue weighted by Gasteiger charge is 2.26. The van der Waals surface area contributed by atoms with Crippen molar-refractivity contribution in [3.05, 3.63) is 35.4 Å². The molecule has 1 fully saturated rings. The molecule has 2 heteroatoms. The maximum absolute atomic E-state index is 5.77. The lowest BCUT2D eigenvalue weighted by Crippen LogP contribution is -2.31. The van der Waals surface area contributed by atoms with Gasteiger partial charge in [0, 0.05) is 6.61 Å². The Labute approximate surface area is 111 Å². The van der Waals surface area contributed by atoms with Crippen LogP contribution < -0.4 is 5.32 Å². The van der Waals surface area contributed by atoms with Crippen molar-refractivity contribution in [2.24, 2.45) is 0 Å². The van der Waals surface area contributed by atoms with Crippen LogP contribution in [0.4, 0.5) is 0 Å². The van der Waals surface area contributed by atoms with Gasteiger partial charge in [0.2, 0.25) is 0 Å². The van der Waals surface area contributed by atoms with E-state index in [-0.39, 0.29) is 6.10 Å². The van der Waals surface area contributed by atoms with E-state index in [2.05, 4.69) is 43.4 Å². The van der Waals surface area contributed by atoms with Gasteiger partial charge in [0.25, 0.3) is 0 Å². The summed E-state index contributed by atoms with van der Waals surface area (Å²) in [7, 11) is 2.03. The number of benzene rings is 1. The molecule has 0 heterocycles. The summed E-state index contributed by atoms with van der Waals surface area (Å²) < 4.78 is 5.77. The predicted molar refractivity (Wildman–Crippen MR) is 75.9 cm³/mol. The first-order valence-electron chi connectivity index (χ1n) is 7.15. The first-order chi connectivity index (χ1) is 8.77. The molecule has 0 spiro atoms. The van der Waals surface area contributed by atoms with Crippen LogP contribution in [0.3, 0.4) is 0 Å². The highest BCUT2D eigenvalue weighted by molar-refractivity contribution is 5.34. The summed E-state index contributed by atoms with van der Waals surface area (Å²) in [6.45, 7) is 4.98. The molecule has 0 aromatic heterocycles. The zero-order valence-corrected chi connectivity index (χ0v) is 11.8. The van der Waals surface area contributed by atoms with Crippen molar-refractivity contribution in [2.75, 3.05) is 13.7 Å². The lowest BCUT2D eigenvalue weighted by atomic mass is 9.76. The maximum Gasteiger partial charge on any atom is 0.0741 e. The molecule has 2 nitrogen and oxygen atoms in total. The van der Waals surface area contributed by atoms with Gasteiger partial charge in [0.1, 0.15) is 0 Å². The molecule has 1 saturated carbocycles. The van der Waals surface area contributed by atoms with E-state index in [1.54, 1.807) is 0 Å². The quantitative estimate of drug-likeness (QED) is 0.828. The molecule has 0 radical (unpaired) electrons. The van der Waals surface area contributed by atoms with Gasteiger partial charge in [-0.3, -0.25) is 0 Å². The molecule has 2 unspecified atom stereocenters. The molecule has 0 saturated heterocycles. The standard InChI is InChI=1S/C16H25NO/c1-4-18-12(2)16(17-3)15-11-6-5-10-14(15)13-8-7-9-13/h5-6,10-13,16-17H,4,7-9H2,1-3H3. The minimum atomic E-state index is 0.209. The number of nitrogens with one attached hydrogen (secondary N) is 1. The third kappa shape index (κ3) is 2.76. The Morgan fingerprint density at radius 2 is 2.06 bits per heavy atom. The highest BCUT2D eigenvalue weighted by Crippen LogP contribution is 2.40. The van der Waals surface area contributed by atoms with Crippen LogP contribution in [0.1, 0.15) is 56.2 Å². The third-order valence-corrected chi connectivity index (χ3v) is 4.09. The summed E-state index contributed by atoms with van der Waals surface area (Å²) in [5, 5.41) is 3.42. The SMILES string of the molecule is CCOC(C)C(NC)c1ccccc1C1CCC1. The summed E-state index contributed by atoms with van der Waals surface area (Å²) in [5.74, 6) is 0.769. The van der Waals surface area contributed by atoms with Crippen LogP contribution in [0.5, 0.6) is 0 Å². The van der Waals surface area contributed by atoms with Crippen molar-refractivity contribution >= 4 is 0 Å². The van der Waals surface area contributed by atoms with Crippen molar-refractivity contribution in [1.29, 1.82) is 0 Å². The van der Waals surface area contributed by atoms with E-state index in [4.69, 9.17) is 4.74 Å². The molecular formula is C16H25NO. The van der Waals surface area contributed by atoms with Crippen LogP contribution >= 0.6 is 0 Å². The third-order valence-electron chi connectivity index (χ3n) is 4.09. The lowest BCUT2D eigenvalue weighted by Gasteiger charge is -2.32. The highest BCUT2D eigenvalue weighted by atomic mass is 16.5. The number of rotatable bonds is 6. The van der Waals surface area contributed by atoms with Gasteiger partial charge in [-0.1, -0.05) is 30.7 Å². The minimum Gasteiger partial charge on any atom is -0.377 e. The van der Waals surface area contributed by atoms with Gasteiger partial charge in [-0.25, -0.2) is 0 Å². The fourth-order valence-corrected chi connectivity index (χ4v) is 2.89. The van der Waals surface area contributed by atoms with Crippen molar-refractivity contribution in [3.8, 4) is 0 Å². The summed E-state index contributed by atoms with van der Waals surface area (Å²) in [6, 6.07) is 9.14. The van der Waals surface area contributed by atoms with Gasteiger partial charge in [0.15, 0.2) is 0 Å². The molecule has 0 aliphatic heterocycles. The maximum atomic E-state index is 5.77. The Morgan fingerprint density at radius 3 is 2.61 bits per heavy atom. The van der Waals surface area contributed by atoms with E-state index in [0.29, 0.717) is 6.04 Å². The molecule has 2 atom stereocenters. The average molecular weight is 247 g/mol. The van der Waals surface area contributed by atoms with Crippen LogP contribution in [0.25, 0.3) is 0 Å². The molecule has 2 rings (SSSR count). The molecule has 0 amide bonds. The smallest absolute Gasteiger partial charge is 0.0741 e. The summed E-state index contributed by atoms with van der Waals surface area (Å²) in [6.07, 6.45) is 4.28. The second-order valence-electron chi connectivity index (χ2n) is 5.18. The molecule has 18 heavy (non-hydrogen) atoms. The molecule has 1 aromatic rings. The van der Waals surface area contributed by atoms with E-state index >= 15 is 0 Å². The fraction of sp³-hybridized carbons (Fsp3) is 0.625. The monoisotopic (exact) mass is 247 g/mol. The first-order valence-corrected chi connectivity index (χ1v) is 7.15. The van der Waals surface area contributed by atoms with E-state index in [1.807, 2.05) is 7.05 Å². The summed E-state index contributed by atoms with van der Waals surface area (Å²) in [4.78, 5) is 0. The van der Waals surface area contributed by atoms with Gasteiger partial charge >= 0.3 is 0 Å². The van der Waals surface area contributed by atoms with E-state index in [1.165, 1.54) is 30.4 Å². The molecule has 1 aliphatic rings. The van der Waals surface area contributed by atoms with Gasteiger partial charge in [-0.15, -0.1) is 0 Å². The number of hydrogen-bond donors (Lipinski definition) is 1. The van der Waals surface area contributed by atoms with Crippen LogP contribution in [-0.2, 0) is 4.74 Å². The number of hydrogen-bond acceptors (Lipinski definition) is 2. The van der Waals surface area contributed by atoms with Crippen molar-refractivity contribution in [1.82, 2.24) is 5.32 Å². The van der Waals surface area contributed by atoms with Crippen molar-refractivity contribution in [3.63, 3.8) is 0 Å². The lowest BCUT2D eigenvalue weighted by molar-refractivity contribution is 0.0489. The van der Waals surface area contributed by atoms with Crippen LogP contribution in [-0.4, -0.2) is 19.8 Å². The largest absolute Gasteiger partial charge is 0.377 e. The predicted octanol–water partition coefficient (Wildman–Crippen LogP) is 3.64. The summed E-state index contributed by atoms with van der Waals surface area (Å²) >= 11 is 0. The Morgan fingerprint density at radius 1 is 1.33 bits per heavy atom. The van der Waals surface area contributed by atoms with Gasteiger partial charge in [0.05, 0.1) is 12.1 Å². The van der Waals surface area contributed by atoms with Gasteiger partial charge in [-0.2, -0.15) is 0 Å². The normalized spacial score (nSPS) is 19.3. The van der Waals surface area contributed by atoms with Gasteiger partial charge in [-0.05, 0) is 50.8 Å². The van der Waals surface area contributed by atoms with Crippen LogP contribution in [0, 0.1) is 0 Å². The van der Waals surface area contributed by atoms with E-state index < -0.39 is 0 Å². The molecule has 100 valence electrons. The first kappa shape index (κ1) is 13.6. The second-order valence-corrected chi connectivity index (χ2v) is 5.18. The molecule has 1 aliphatic carbocycles. The fourth-order valence-electron chi connectivity index (χ4n) is 2.89.